The number of rotatable bonds is 7. The number of hydrogen-bond acceptors (Lipinski definition) is 5. The molecular weight excluding hydrogens is 593 g/mol. The van der Waals surface area contributed by atoms with Crippen molar-refractivity contribution in [3.8, 4) is 5.75 Å². The Kier molecular flexibility index (Phi) is 8.91. The average Bonchev–Trinajstić information content (AvgIpc) is 2.90. The van der Waals surface area contributed by atoms with Crippen molar-refractivity contribution in [1.29, 1.82) is 0 Å². The Morgan fingerprint density at radius 3 is 2.21 bits per heavy atom. The van der Waals surface area contributed by atoms with E-state index in [0.717, 1.165) is 4.47 Å². The van der Waals surface area contributed by atoms with Crippen molar-refractivity contribution in [2.24, 2.45) is 5.10 Å². The summed E-state index contributed by atoms with van der Waals surface area (Å²) in [7, 11) is 0. The molecule has 0 aromatic heterocycles. The molecule has 38 heavy (non-hydrogen) atoms. The van der Waals surface area contributed by atoms with Gasteiger partial charge in [-0.25, -0.2) is 10.2 Å². The van der Waals surface area contributed by atoms with Crippen LogP contribution in [-0.2, 0) is 0 Å². The molecule has 0 spiro atoms. The molecule has 0 saturated heterocycles. The van der Waals surface area contributed by atoms with Gasteiger partial charge >= 0.3 is 5.97 Å². The second-order valence-electron chi connectivity index (χ2n) is 7.79. The lowest BCUT2D eigenvalue weighted by Crippen LogP contribution is -2.18. The standard InChI is InChI=1S/C28H18BrCl2N3O4/c29-20-9-5-18(6-10-20)28(37)38-25-4-2-1-3-19(25)16-32-34-26(35)17-7-12-22(13-8-17)33-27(36)23-14-11-21(30)15-24(23)31/h1-16H,(H,33,36)(H,34,35)/b32-16-. The molecule has 0 radical (unpaired) electrons. The van der Waals surface area contributed by atoms with Crippen LogP contribution in [0.4, 0.5) is 5.69 Å². The number of benzene rings is 4. The Morgan fingerprint density at radius 2 is 1.50 bits per heavy atom. The number of carbonyl (C=O) groups is 3. The fraction of sp³-hybridized carbons (Fsp3) is 0. The number of hydrazone groups is 1. The first kappa shape index (κ1) is 27.1. The molecule has 4 aromatic carbocycles. The number of para-hydroxylation sites is 1. The van der Waals surface area contributed by atoms with E-state index in [2.05, 4.69) is 31.8 Å². The molecule has 0 aliphatic carbocycles. The lowest BCUT2D eigenvalue weighted by Gasteiger charge is -2.08. The maximum atomic E-state index is 12.5. The smallest absolute Gasteiger partial charge is 0.343 e. The third-order valence-electron chi connectivity index (χ3n) is 5.15. The summed E-state index contributed by atoms with van der Waals surface area (Å²) in [5.41, 5.74) is 4.39. The van der Waals surface area contributed by atoms with Crippen molar-refractivity contribution in [3.63, 3.8) is 0 Å². The lowest BCUT2D eigenvalue weighted by atomic mass is 10.1. The highest BCUT2D eigenvalue weighted by Gasteiger charge is 2.13. The second kappa shape index (κ2) is 12.5. The number of anilines is 1. The molecular formula is C28H18BrCl2N3O4. The Bertz CT molecular complexity index is 1520. The van der Waals surface area contributed by atoms with E-state index in [1.165, 1.54) is 30.5 Å². The number of nitrogens with zero attached hydrogens (tertiary/aromatic N) is 1. The molecule has 4 aromatic rings. The molecule has 0 bridgehead atoms. The summed E-state index contributed by atoms with van der Waals surface area (Å²) in [5, 5.41) is 7.35. The van der Waals surface area contributed by atoms with Gasteiger partial charge in [0, 0.05) is 26.3 Å². The van der Waals surface area contributed by atoms with Gasteiger partial charge in [-0.15, -0.1) is 0 Å². The summed E-state index contributed by atoms with van der Waals surface area (Å²) < 4.78 is 6.34. The Morgan fingerprint density at radius 1 is 0.816 bits per heavy atom. The quantitative estimate of drug-likeness (QED) is 0.102. The van der Waals surface area contributed by atoms with E-state index < -0.39 is 17.8 Å². The van der Waals surface area contributed by atoms with Crippen LogP contribution in [-0.4, -0.2) is 24.0 Å². The number of hydrogen-bond donors (Lipinski definition) is 2. The van der Waals surface area contributed by atoms with E-state index in [1.54, 1.807) is 66.7 Å². The third-order valence-corrected chi connectivity index (χ3v) is 6.23. The second-order valence-corrected chi connectivity index (χ2v) is 9.55. The monoisotopic (exact) mass is 609 g/mol. The van der Waals surface area contributed by atoms with Crippen molar-refractivity contribution in [1.82, 2.24) is 5.43 Å². The van der Waals surface area contributed by atoms with E-state index in [4.69, 9.17) is 27.9 Å². The molecule has 0 aliphatic rings. The molecule has 0 atom stereocenters. The van der Waals surface area contributed by atoms with Crippen LogP contribution in [0.3, 0.4) is 0 Å². The lowest BCUT2D eigenvalue weighted by molar-refractivity contribution is 0.0734. The molecule has 2 N–H and O–H groups in total. The molecule has 7 nitrogen and oxygen atoms in total. The van der Waals surface area contributed by atoms with E-state index in [-0.39, 0.29) is 10.6 Å². The van der Waals surface area contributed by atoms with Gasteiger partial charge in [-0.3, -0.25) is 9.59 Å². The maximum Gasteiger partial charge on any atom is 0.343 e. The number of amides is 2. The van der Waals surface area contributed by atoms with Gasteiger partial charge in [0.25, 0.3) is 11.8 Å². The predicted molar refractivity (Wildman–Crippen MR) is 151 cm³/mol. The summed E-state index contributed by atoms with van der Waals surface area (Å²) in [5.74, 6) is -1.11. The van der Waals surface area contributed by atoms with Crippen LogP contribution < -0.4 is 15.5 Å². The normalized spacial score (nSPS) is 10.7. The highest BCUT2D eigenvalue weighted by molar-refractivity contribution is 9.10. The fourth-order valence-corrected chi connectivity index (χ4v) is 3.99. The Labute approximate surface area is 236 Å². The number of ether oxygens (including phenoxy) is 1. The highest BCUT2D eigenvalue weighted by atomic mass is 79.9. The van der Waals surface area contributed by atoms with E-state index >= 15 is 0 Å². The first-order chi connectivity index (χ1) is 18.3. The van der Waals surface area contributed by atoms with E-state index in [9.17, 15) is 14.4 Å². The van der Waals surface area contributed by atoms with Crippen molar-refractivity contribution in [2.75, 3.05) is 5.32 Å². The van der Waals surface area contributed by atoms with E-state index in [0.29, 0.717) is 33.1 Å². The Balaban J connectivity index is 1.36. The minimum atomic E-state index is -0.520. The minimum Gasteiger partial charge on any atom is -0.422 e. The van der Waals surface area contributed by atoms with Crippen molar-refractivity contribution in [2.45, 2.75) is 0 Å². The van der Waals surface area contributed by atoms with Crippen LogP contribution >= 0.6 is 39.1 Å². The van der Waals surface area contributed by atoms with Crippen molar-refractivity contribution >= 4 is 68.8 Å². The van der Waals surface area contributed by atoms with Crippen LogP contribution in [0.1, 0.15) is 36.6 Å². The SMILES string of the molecule is O=C(N/N=C\c1ccccc1OC(=O)c1ccc(Br)cc1)c1ccc(NC(=O)c2ccc(Cl)cc2Cl)cc1. The van der Waals surface area contributed by atoms with Gasteiger partial charge in [-0.1, -0.05) is 51.3 Å². The molecule has 0 heterocycles. The van der Waals surface area contributed by atoms with Gasteiger partial charge in [-0.05, 0) is 78.9 Å². The van der Waals surface area contributed by atoms with Gasteiger partial charge in [0.2, 0.25) is 0 Å². The molecule has 0 unspecified atom stereocenters. The van der Waals surface area contributed by atoms with Crippen LogP contribution in [0.25, 0.3) is 0 Å². The van der Waals surface area contributed by atoms with Crippen LogP contribution in [0.5, 0.6) is 5.75 Å². The summed E-state index contributed by atoms with van der Waals surface area (Å²) >= 11 is 15.3. The summed E-state index contributed by atoms with van der Waals surface area (Å²) in [6.07, 6.45) is 1.38. The van der Waals surface area contributed by atoms with Gasteiger partial charge in [0.1, 0.15) is 5.75 Å². The first-order valence-electron chi connectivity index (χ1n) is 11.1. The topological polar surface area (TPSA) is 96.9 Å². The molecule has 0 aliphatic heterocycles. The van der Waals surface area contributed by atoms with Crippen molar-refractivity contribution in [3.05, 3.63) is 128 Å². The highest BCUT2D eigenvalue weighted by Crippen LogP contribution is 2.22. The number of nitrogens with one attached hydrogen (secondary N) is 2. The largest absolute Gasteiger partial charge is 0.422 e. The Hall–Kier alpha value is -3.98. The summed E-state index contributed by atoms with van der Waals surface area (Å²) in [6.45, 7) is 0. The predicted octanol–water partition coefficient (Wildman–Crippen LogP) is 6.99. The summed E-state index contributed by atoms with van der Waals surface area (Å²) in [4.78, 5) is 37.4. The van der Waals surface area contributed by atoms with Gasteiger partial charge < -0.3 is 10.1 Å². The number of carbonyl (C=O) groups excluding carboxylic acids is 3. The molecule has 10 heteroatoms. The molecule has 0 fully saturated rings. The van der Waals surface area contributed by atoms with Gasteiger partial charge in [0.05, 0.1) is 22.4 Å². The fourth-order valence-electron chi connectivity index (χ4n) is 3.23. The van der Waals surface area contributed by atoms with Gasteiger partial charge in [-0.2, -0.15) is 5.10 Å². The van der Waals surface area contributed by atoms with Crippen molar-refractivity contribution < 1.29 is 19.1 Å². The zero-order valence-electron chi connectivity index (χ0n) is 19.5. The zero-order chi connectivity index (χ0) is 27.1. The third kappa shape index (κ3) is 7.07. The average molecular weight is 611 g/mol. The molecule has 0 saturated carbocycles. The number of halogens is 3. The molecule has 4 rings (SSSR count). The van der Waals surface area contributed by atoms with Crippen LogP contribution in [0, 0.1) is 0 Å². The zero-order valence-corrected chi connectivity index (χ0v) is 22.5. The minimum absolute atomic E-state index is 0.230. The van der Waals surface area contributed by atoms with E-state index in [1.807, 2.05) is 0 Å². The number of esters is 1. The molecule has 2 amide bonds. The van der Waals surface area contributed by atoms with Crippen LogP contribution in [0.2, 0.25) is 10.0 Å². The van der Waals surface area contributed by atoms with Gasteiger partial charge in [0.15, 0.2) is 0 Å². The first-order valence-corrected chi connectivity index (χ1v) is 12.6. The summed E-state index contributed by atoms with van der Waals surface area (Å²) in [6, 6.07) is 24.4. The van der Waals surface area contributed by atoms with Crippen LogP contribution in [0.15, 0.2) is 101 Å². The molecule has 190 valence electrons. The maximum absolute atomic E-state index is 12.5.